The van der Waals surface area contributed by atoms with E-state index >= 15 is 0 Å². The van der Waals surface area contributed by atoms with Gasteiger partial charge in [-0.2, -0.15) is 5.90 Å². The SMILES string of the molecule is CC(N)c1cc(-c2ccccc2)ccc1CC[C@@H](C(=O)ON)C(=O)OC(C)(C)C. The third-order valence-corrected chi connectivity index (χ3v) is 4.54. The van der Waals surface area contributed by atoms with E-state index in [0.29, 0.717) is 6.42 Å². The molecule has 0 spiro atoms. The monoisotopic (exact) mass is 398 g/mol. The summed E-state index contributed by atoms with van der Waals surface area (Å²) in [5, 5.41) is 0. The van der Waals surface area contributed by atoms with Gasteiger partial charge in [-0.3, -0.25) is 4.79 Å². The maximum Gasteiger partial charge on any atom is 0.338 e. The second-order valence-corrected chi connectivity index (χ2v) is 8.13. The molecular formula is C23H30N2O4. The van der Waals surface area contributed by atoms with E-state index in [0.717, 1.165) is 22.3 Å². The molecule has 2 aromatic carbocycles. The third-order valence-electron chi connectivity index (χ3n) is 4.54. The molecule has 0 heterocycles. The van der Waals surface area contributed by atoms with Gasteiger partial charge in [0, 0.05) is 6.04 Å². The van der Waals surface area contributed by atoms with E-state index in [1.54, 1.807) is 20.8 Å². The first kappa shape index (κ1) is 22.6. The van der Waals surface area contributed by atoms with Crippen molar-refractivity contribution in [3.63, 3.8) is 0 Å². The molecule has 2 atom stereocenters. The summed E-state index contributed by atoms with van der Waals surface area (Å²) in [4.78, 5) is 28.8. The van der Waals surface area contributed by atoms with Crippen LogP contribution in [0.1, 0.15) is 51.3 Å². The lowest BCUT2D eigenvalue weighted by molar-refractivity contribution is -0.169. The van der Waals surface area contributed by atoms with E-state index in [1.165, 1.54) is 0 Å². The van der Waals surface area contributed by atoms with Crippen LogP contribution in [0, 0.1) is 5.92 Å². The van der Waals surface area contributed by atoms with Gasteiger partial charge < -0.3 is 15.3 Å². The van der Waals surface area contributed by atoms with Crippen molar-refractivity contribution in [2.75, 3.05) is 0 Å². The zero-order valence-corrected chi connectivity index (χ0v) is 17.5. The smallest absolute Gasteiger partial charge is 0.338 e. The molecule has 0 fully saturated rings. The average Bonchev–Trinajstić information content (AvgIpc) is 2.67. The van der Waals surface area contributed by atoms with Crippen LogP contribution in [0.3, 0.4) is 0 Å². The summed E-state index contributed by atoms with van der Waals surface area (Å²) in [6.07, 6.45) is 0.681. The fourth-order valence-electron chi connectivity index (χ4n) is 3.14. The highest BCUT2D eigenvalue weighted by atomic mass is 16.7. The number of benzene rings is 2. The van der Waals surface area contributed by atoms with Gasteiger partial charge in [0.15, 0.2) is 5.92 Å². The van der Waals surface area contributed by atoms with E-state index in [2.05, 4.69) is 10.9 Å². The number of ether oxygens (including phenoxy) is 1. The first-order valence-electron chi connectivity index (χ1n) is 9.69. The van der Waals surface area contributed by atoms with Crippen LogP contribution in [0.15, 0.2) is 48.5 Å². The predicted molar refractivity (Wildman–Crippen MR) is 112 cm³/mol. The van der Waals surface area contributed by atoms with Crippen molar-refractivity contribution in [1.29, 1.82) is 0 Å². The van der Waals surface area contributed by atoms with Crippen LogP contribution in [0.4, 0.5) is 0 Å². The minimum absolute atomic E-state index is 0.199. The zero-order valence-electron chi connectivity index (χ0n) is 17.5. The number of carbonyl (C=O) groups excluding carboxylic acids is 2. The van der Waals surface area contributed by atoms with Gasteiger partial charge in [-0.05, 0) is 68.9 Å². The number of hydrogen-bond donors (Lipinski definition) is 2. The standard InChI is InChI=1S/C23H30N2O4/c1-15(24)20-14-18(16-8-6-5-7-9-16)11-10-17(20)12-13-19(22(27)29-25)21(26)28-23(2,3)4/h5-11,14-15,19H,12-13,24-25H2,1-4H3/t15?,19-/m1/s1. The van der Waals surface area contributed by atoms with Crippen molar-refractivity contribution >= 4 is 11.9 Å². The second-order valence-electron chi connectivity index (χ2n) is 8.13. The van der Waals surface area contributed by atoms with Gasteiger partial charge in [-0.15, -0.1) is 0 Å². The Morgan fingerprint density at radius 3 is 2.21 bits per heavy atom. The van der Waals surface area contributed by atoms with Crippen LogP contribution >= 0.6 is 0 Å². The molecule has 29 heavy (non-hydrogen) atoms. The van der Waals surface area contributed by atoms with Gasteiger partial charge >= 0.3 is 11.9 Å². The average molecular weight is 399 g/mol. The number of hydrogen-bond acceptors (Lipinski definition) is 6. The molecule has 2 aromatic rings. The molecule has 0 aliphatic carbocycles. The molecule has 6 heteroatoms. The van der Waals surface area contributed by atoms with E-state index in [1.807, 2.05) is 49.4 Å². The normalized spacial score (nSPS) is 13.4. The topological polar surface area (TPSA) is 105 Å². The van der Waals surface area contributed by atoms with E-state index in [9.17, 15) is 9.59 Å². The first-order chi connectivity index (χ1) is 13.6. The summed E-state index contributed by atoms with van der Waals surface area (Å²) in [7, 11) is 0. The molecule has 0 aliphatic rings. The molecule has 0 amide bonds. The Morgan fingerprint density at radius 2 is 1.66 bits per heavy atom. The lowest BCUT2D eigenvalue weighted by Crippen LogP contribution is -2.35. The van der Waals surface area contributed by atoms with E-state index < -0.39 is 23.5 Å². The Labute approximate surface area is 172 Å². The highest BCUT2D eigenvalue weighted by Crippen LogP contribution is 2.27. The van der Waals surface area contributed by atoms with Crippen molar-refractivity contribution in [2.45, 2.75) is 52.2 Å². The molecule has 4 N–H and O–H groups in total. The van der Waals surface area contributed by atoms with Crippen LogP contribution in [0.25, 0.3) is 11.1 Å². The van der Waals surface area contributed by atoms with Crippen molar-refractivity contribution in [3.05, 3.63) is 59.7 Å². The molecule has 2 rings (SSSR count). The van der Waals surface area contributed by atoms with Crippen LogP contribution in [0.2, 0.25) is 0 Å². The number of carbonyl (C=O) groups is 2. The molecular weight excluding hydrogens is 368 g/mol. The Morgan fingerprint density at radius 1 is 1.00 bits per heavy atom. The Kier molecular flexibility index (Phi) is 7.53. The van der Waals surface area contributed by atoms with Gasteiger partial charge in [0.05, 0.1) is 0 Å². The summed E-state index contributed by atoms with van der Waals surface area (Å²) in [6, 6.07) is 15.9. The molecule has 0 saturated heterocycles. The zero-order chi connectivity index (χ0) is 21.6. The maximum atomic E-state index is 12.4. The Hall–Kier alpha value is -2.70. The van der Waals surface area contributed by atoms with E-state index in [4.69, 9.17) is 16.4 Å². The number of esters is 1. The van der Waals surface area contributed by atoms with Gasteiger partial charge in [-0.1, -0.05) is 42.5 Å². The lowest BCUT2D eigenvalue weighted by Gasteiger charge is -2.23. The van der Waals surface area contributed by atoms with Gasteiger partial charge in [-0.25, -0.2) is 4.79 Å². The van der Waals surface area contributed by atoms with Crippen molar-refractivity contribution < 1.29 is 19.2 Å². The highest BCUT2D eigenvalue weighted by molar-refractivity contribution is 5.94. The highest BCUT2D eigenvalue weighted by Gasteiger charge is 2.32. The molecule has 0 radical (unpaired) electrons. The van der Waals surface area contributed by atoms with Gasteiger partial charge in [0.2, 0.25) is 0 Å². The lowest BCUT2D eigenvalue weighted by atomic mass is 9.91. The second kappa shape index (κ2) is 9.67. The predicted octanol–water partition coefficient (Wildman–Crippen LogP) is 3.68. The molecule has 0 saturated carbocycles. The van der Waals surface area contributed by atoms with Gasteiger partial charge in [0.25, 0.3) is 0 Å². The first-order valence-corrected chi connectivity index (χ1v) is 9.69. The molecule has 156 valence electrons. The molecule has 0 aromatic heterocycles. The molecule has 1 unspecified atom stereocenters. The Bertz CT molecular complexity index is 842. The van der Waals surface area contributed by atoms with Crippen molar-refractivity contribution in [1.82, 2.24) is 0 Å². The summed E-state index contributed by atoms with van der Waals surface area (Å²) >= 11 is 0. The van der Waals surface area contributed by atoms with Crippen LogP contribution in [0.5, 0.6) is 0 Å². The maximum absolute atomic E-state index is 12.4. The Balaban J connectivity index is 2.24. The van der Waals surface area contributed by atoms with Crippen LogP contribution in [-0.4, -0.2) is 17.5 Å². The van der Waals surface area contributed by atoms with Crippen molar-refractivity contribution in [2.24, 2.45) is 17.5 Å². The summed E-state index contributed by atoms with van der Waals surface area (Å²) in [5.74, 6) is 2.49. The fourth-order valence-corrected chi connectivity index (χ4v) is 3.14. The quantitative estimate of drug-likeness (QED) is 0.419. The van der Waals surface area contributed by atoms with Gasteiger partial charge in [0.1, 0.15) is 5.60 Å². The molecule has 0 bridgehead atoms. The van der Waals surface area contributed by atoms with Crippen molar-refractivity contribution in [3.8, 4) is 11.1 Å². The summed E-state index contributed by atoms with van der Waals surface area (Å²) in [6.45, 7) is 7.14. The third kappa shape index (κ3) is 6.41. The minimum Gasteiger partial charge on any atom is -0.459 e. The molecule has 6 nitrogen and oxygen atoms in total. The van der Waals surface area contributed by atoms with Crippen LogP contribution in [-0.2, 0) is 25.6 Å². The summed E-state index contributed by atoms with van der Waals surface area (Å²) in [5.41, 5.74) is 9.58. The number of nitrogens with two attached hydrogens (primary N) is 2. The minimum atomic E-state index is -1.09. The summed E-state index contributed by atoms with van der Waals surface area (Å²) < 4.78 is 5.35. The fraction of sp³-hybridized carbons (Fsp3) is 0.391. The number of aryl methyl sites for hydroxylation is 1. The van der Waals surface area contributed by atoms with E-state index in [-0.39, 0.29) is 12.5 Å². The van der Waals surface area contributed by atoms with Crippen LogP contribution < -0.4 is 11.6 Å². The molecule has 0 aliphatic heterocycles. The largest absolute Gasteiger partial charge is 0.459 e. The number of rotatable bonds is 7.